The van der Waals surface area contributed by atoms with Gasteiger partial charge in [-0.05, 0) is 85.3 Å². The number of nitrogens with zero attached hydrogens (tertiary/aromatic N) is 2. The number of carbonyl (C=O) groups excluding carboxylic acids is 3. The van der Waals surface area contributed by atoms with E-state index in [1.165, 1.54) is 13.5 Å². The minimum absolute atomic E-state index is 0.120. The summed E-state index contributed by atoms with van der Waals surface area (Å²) >= 11 is 0. The van der Waals surface area contributed by atoms with Gasteiger partial charge in [0.2, 0.25) is 5.91 Å². The minimum Gasteiger partial charge on any atom is -0.453 e. The third-order valence-electron chi connectivity index (χ3n) is 8.67. The molecule has 0 radical (unpaired) electrons. The number of likely N-dealkylation sites (tertiary alicyclic amines) is 1. The second kappa shape index (κ2) is 12.9. The Balaban J connectivity index is 1.07. The van der Waals surface area contributed by atoms with Crippen LogP contribution in [0.5, 0.6) is 0 Å². The molecular formula is C34H38N6O4. The van der Waals surface area contributed by atoms with Crippen molar-refractivity contribution in [2.24, 2.45) is 0 Å². The lowest BCUT2D eigenvalue weighted by atomic mass is 9.98. The topological polar surface area (TPSA) is 128 Å². The van der Waals surface area contributed by atoms with E-state index in [9.17, 15) is 14.4 Å². The van der Waals surface area contributed by atoms with Gasteiger partial charge in [-0.3, -0.25) is 9.59 Å². The van der Waals surface area contributed by atoms with Crippen LogP contribution in [-0.4, -0.2) is 71.6 Å². The standard InChI is InChI=1S/C34H38N6O4/c1-21(38-34(43)44-2)33(42)40-16-4-5-28(40)19-37-32(41)23-9-7-22(8-10-23)24-11-12-26-18-27(14-13-25(26)17-24)30-20-36-31(39-30)29-6-3-15-35-29/h7-14,17-18,20-21,28-29,35H,3-6,15-16,19H2,1-2H3,(H,36,39)(H,37,41)(H,38,43)/t21-,28-,29-/m0/s1. The van der Waals surface area contributed by atoms with E-state index in [2.05, 4.69) is 67.1 Å². The average molecular weight is 595 g/mol. The number of hydrogen-bond donors (Lipinski definition) is 4. The van der Waals surface area contributed by atoms with E-state index in [-0.39, 0.29) is 17.9 Å². The van der Waals surface area contributed by atoms with Crippen LogP contribution in [0, 0.1) is 0 Å². The van der Waals surface area contributed by atoms with Crippen LogP contribution in [0.1, 0.15) is 54.8 Å². The first-order valence-electron chi connectivity index (χ1n) is 15.3. The Morgan fingerprint density at radius 3 is 2.43 bits per heavy atom. The number of ether oxygens (including phenoxy) is 1. The van der Waals surface area contributed by atoms with E-state index in [0.29, 0.717) is 24.7 Å². The Morgan fingerprint density at radius 1 is 0.977 bits per heavy atom. The van der Waals surface area contributed by atoms with Gasteiger partial charge in [0.1, 0.15) is 11.9 Å². The SMILES string of the molecule is COC(=O)N[C@@H](C)C(=O)N1CCC[C@H]1CNC(=O)c1ccc(-c2ccc3cc(-c4cnc([C@@H]5CCCN5)[nH]4)ccc3c2)cc1. The van der Waals surface area contributed by atoms with Crippen LogP contribution in [0.4, 0.5) is 4.79 Å². The Bertz CT molecular complexity index is 1660. The number of aromatic amines is 1. The molecule has 10 heteroatoms. The fourth-order valence-corrected chi connectivity index (χ4v) is 6.18. The molecule has 0 aliphatic carbocycles. The largest absolute Gasteiger partial charge is 0.453 e. The van der Waals surface area contributed by atoms with Crippen LogP contribution in [-0.2, 0) is 9.53 Å². The zero-order valence-corrected chi connectivity index (χ0v) is 25.1. The number of fused-ring (bicyclic) bond motifs is 1. The molecule has 2 aliphatic rings. The summed E-state index contributed by atoms with van der Waals surface area (Å²) in [4.78, 5) is 47.1. The number of methoxy groups -OCH3 is 1. The van der Waals surface area contributed by atoms with Crippen molar-refractivity contribution in [1.29, 1.82) is 0 Å². The molecule has 10 nitrogen and oxygen atoms in total. The van der Waals surface area contributed by atoms with Crippen molar-refractivity contribution in [1.82, 2.24) is 30.8 Å². The number of imidazole rings is 1. The van der Waals surface area contributed by atoms with Crippen LogP contribution in [0.15, 0.2) is 66.9 Å². The molecule has 2 aliphatic heterocycles. The van der Waals surface area contributed by atoms with E-state index >= 15 is 0 Å². The molecule has 4 N–H and O–H groups in total. The highest BCUT2D eigenvalue weighted by Crippen LogP contribution is 2.29. The van der Waals surface area contributed by atoms with Gasteiger partial charge < -0.3 is 30.6 Å². The van der Waals surface area contributed by atoms with Gasteiger partial charge in [0.05, 0.1) is 25.0 Å². The Morgan fingerprint density at radius 2 is 1.70 bits per heavy atom. The number of aromatic nitrogens is 2. The smallest absolute Gasteiger partial charge is 0.407 e. The molecule has 4 aromatic rings. The zero-order valence-electron chi connectivity index (χ0n) is 25.1. The first-order chi connectivity index (χ1) is 21.4. The van der Waals surface area contributed by atoms with Crippen molar-refractivity contribution in [2.45, 2.75) is 50.7 Å². The molecule has 1 aromatic heterocycles. The monoisotopic (exact) mass is 594 g/mol. The summed E-state index contributed by atoms with van der Waals surface area (Å²) < 4.78 is 4.60. The van der Waals surface area contributed by atoms with Crippen LogP contribution in [0.25, 0.3) is 33.2 Å². The van der Waals surface area contributed by atoms with E-state index in [0.717, 1.165) is 64.8 Å². The molecular weight excluding hydrogens is 556 g/mol. The number of alkyl carbamates (subject to hydrolysis) is 1. The van der Waals surface area contributed by atoms with Gasteiger partial charge >= 0.3 is 6.09 Å². The molecule has 0 spiro atoms. The highest BCUT2D eigenvalue weighted by atomic mass is 16.5. The molecule has 3 heterocycles. The molecule has 0 saturated carbocycles. The lowest BCUT2D eigenvalue weighted by molar-refractivity contribution is -0.133. The first-order valence-corrected chi connectivity index (χ1v) is 15.3. The molecule has 2 fully saturated rings. The highest BCUT2D eigenvalue weighted by molar-refractivity contribution is 5.95. The predicted octanol–water partition coefficient (Wildman–Crippen LogP) is 4.79. The van der Waals surface area contributed by atoms with Gasteiger partial charge in [0.25, 0.3) is 5.91 Å². The quantitative estimate of drug-likeness (QED) is 0.232. The summed E-state index contributed by atoms with van der Waals surface area (Å²) in [5, 5.41) is 11.3. The van der Waals surface area contributed by atoms with Gasteiger partial charge in [0.15, 0.2) is 0 Å². The van der Waals surface area contributed by atoms with Crippen molar-refractivity contribution in [3.63, 3.8) is 0 Å². The van der Waals surface area contributed by atoms with Crippen LogP contribution >= 0.6 is 0 Å². The third kappa shape index (κ3) is 6.30. The molecule has 0 bridgehead atoms. The highest BCUT2D eigenvalue weighted by Gasteiger charge is 2.32. The Kier molecular flexibility index (Phi) is 8.60. The third-order valence-corrected chi connectivity index (χ3v) is 8.67. The molecule has 228 valence electrons. The fraction of sp³-hybridized carbons (Fsp3) is 0.353. The van der Waals surface area contributed by atoms with Gasteiger partial charge in [-0.1, -0.05) is 36.4 Å². The summed E-state index contributed by atoms with van der Waals surface area (Å²) in [6.07, 6.45) is 5.20. The number of carbonyl (C=O) groups is 3. The van der Waals surface area contributed by atoms with Crippen LogP contribution in [0.2, 0.25) is 0 Å². The van der Waals surface area contributed by atoms with Crippen LogP contribution < -0.4 is 16.0 Å². The lowest BCUT2D eigenvalue weighted by Crippen LogP contribution is -2.51. The molecule has 3 amide bonds. The maximum Gasteiger partial charge on any atom is 0.407 e. The number of nitrogens with one attached hydrogen (secondary N) is 4. The second-order valence-corrected chi connectivity index (χ2v) is 11.6. The van der Waals surface area contributed by atoms with Gasteiger partial charge in [-0.15, -0.1) is 0 Å². The second-order valence-electron chi connectivity index (χ2n) is 11.6. The van der Waals surface area contributed by atoms with E-state index < -0.39 is 12.1 Å². The number of H-pyrrole nitrogens is 1. The normalized spacial score (nSPS) is 18.7. The number of amides is 3. The summed E-state index contributed by atoms with van der Waals surface area (Å²) in [5.74, 6) is 0.629. The maximum atomic E-state index is 12.9. The summed E-state index contributed by atoms with van der Waals surface area (Å²) in [5.41, 5.74) is 4.78. The summed E-state index contributed by atoms with van der Waals surface area (Å²) in [6.45, 7) is 3.61. The predicted molar refractivity (Wildman–Crippen MR) is 169 cm³/mol. The summed E-state index contributed by atoms with van der Waals surface area (Å²) in [6, 6.07) is 19.9. The molecule has 0 unspecified atom stereocenters. The fourth-order valence-electron chi connectivity index (χ4n) is 6.18. The number of hydrogen-bond acceptors (Lipinski definition) is 6. The van der Waals surface area contributed by atoms with Gasteiger partial charge in [-0.25, -0.2) is 9.78 Å². The van der Waals surface area contributed by atoms with Crippen LogP contribution in [0.3, 0.4) is 0 Å². The Hall–Kier alpha value is -4.70. The molecule has 2 saturated heterocycles. The number of benzene rings is 3. The molecule has 44 heavy (non-hydrogen) atoms. The van der Waals surface area contributed by atoms with Crippen molar-refractivity contribution < 1.29 is 19.1 Å². The number of rotatable bonds is 8. The van der Waals surface area contributed by atoms with Gasteiger partial charge in [0, 0.05) is 30.3 Å². The lowest BCUT2D eigenvalue weighted by Gasteiger charge is -2.27. The van der Waals surface area contributed by atoms with Crippen molar-refractivity contribution in [3.8, 4) is 22.4 Å². The Labute approximate surface area is 256 Å². The summed E-state index contributed by atoms with van der Waals surface area (Å²) in [7, 11) is 1.26. The van der Waals surface area contributed by atoms with E-state index in [1.807, 2.05) is 30.5 Å². The van der Waals surface area contributed by atoms with Crippen molar-refractivity contribution in [3.05, 3.63) is 78.2 Å². The molecule has 3 atom stereocenters. The zero-order chi connectivity index (χ0) is 30.6. The van der Waals surface area contributed by atoms with E-state index in [4.69, 9.17) is 0 Å². The van der Waals surface area contributed by atoms with Gasteiger partial charge in [-0.2, -0.15) is 0 Å². The van der Waals surface area contributed by atoms with Crippen molar-refractivity contribution >= 4 is 28.7 Å². The minimum atomic E-state index is -0.702. The average Bonchev–Trinajstić information content (AvgIpc) is 3.85. The van der Waals surface area contributed by atoms with E-state index in [1.54, 1.807) is 11.8 Å². The molecule has 6 rings (SSSR count). The molecule has 3 aromatic carbocycles. The maximum absolute atomic E-state index is 12.9. The van der Waals surface area contributed by atoms with Crippen molar-refractivity contribution in [2.75, 3.05) is 26.7 Å². The first kappa shape index (κ1) is 29.4.